The number of anilines is 1. The first-order chi connectivity index (χ1) is 12.5. The number of rotatable bonds is 5. The van der Waals surface area contributed by atoms with Crippen molar-refractivity contribution in [3.05, 3.63) is 58.6 Å². The molecule has 26 heavy (non-hydrogen) atoms. The van der Waals surface area contributed by atoms with Gasteiger partial charge in [-0.1, -0.05) is 30.7 Å². The predicted octanol–water partition coefficient (Wildman–Crippen LogP) is 5.32. The highest BCUT2D eigenvalue weighted by atomic mass is 35.5. The Morgan fingerprint density at radius 1 is 1.23 bits per heavy atom. The van der Waals surface area contributed by atoms with Gasteiger partial charge < -0.3 is 4.90 Å². The van der Waals surface area contributed by atoms with Crippen LogP contribution in [0.5, 0.6) is 0 Å². The van der Waals surface area contributed by atoms with Gasteiger partial charge in [0.1, 0.15) is 0 Å². The zero-order valence-electron chi connectivity index (χ0n) is 15.5. The molecule has 1 heterocycles. The van der Waals surface area contributed by atoms with E-state index < -0.39 is 0 Å². The molecule has 0 saturated carbocycles. The largest absolute Gasteiger partial charge is 0.306 e. The van der Waals surface area contributed by atoms with Crippen molar-refractivity contribution in [2.45, 2.75) is 38.3 Å². The van der Waals surface area contributed by atoms with Crippen molar-refractivity contribution >= 4 is 35.0 Å². The molecule has 0 atom stereocenters. The van der Waals surface area contributed by atoms with Gasteiger partial charge in [-0.2, -0.15) is 0 Å². The molecule has 3 nitrogen and oxygen atoms in total. The number of carbonyl (C=O) groups is 1. The van der Waals surface area contributed by atoms with Crippen molar-refractivity contribution in [1.82, 2.24) is 4.90 Å². The third kappa shape index (κ3) is 4.25. The van der Waals surface area contributed by atoms with Gasteiger partial charge in [0.25, 0.3) is 5.91 Å². The second kappa shape index (κ2) is 8.47. The molecule has 0 spiro atoms. The molecule has 0 N–H and O–H groups in total. The van der Waals surface area contributed by atoms with E-state index in [1.54, 1.807) is 11.8 Å². The van der Waals surface area contributed by atoms with Crippen molar-refractivity contribution in [2.24, 2.45) is 0 Å². The Labute approximate surface area is 165 Å². The van der Waals surface area contributed by atoms with E-state index in [0.29, 0.717) is 17.6 Å². The van der Waals surface area contributed by atoms with Crippen LogP contribution in [0.4, 0.5) is 5.69 Å². The molecule has 5 heteroatoms. The maximum atomic E-state index is 13.0. The summed E-state index contributed by atoms with van der Waals surface area (Å²) in [5.74, 6) is 0.940. The molecule has 2 aromatic rings. The zero-order valence-corrected chi connectivity index (χ0v) is 17.1. The van der Waals surface area contributed by atoms with Crippen LogP contribution in [0.2, 0.25) is 5.02 Å². The molecule has 0 unspecified atom stereocenters. The van der Waals surface area contributed by atoms with Gasteiger partial charge in [0.05, 0.1) is 5.69 Å². The highest BCUT2D eigenvalue weighted by Crippen LogP contribution is 2.37. The van der Waals surface area contributed by atoms with E-state index in [1.807, 2.05) is 35.2 Å². The SMILES string of the molecule is CCN(Cc1ccc(C(=O)N2CCSc3ccc(Cl)cc32)cc1)C(C)C. The number of thioether (sulfide) groups is 1. The highest BCUT2D eigenvalue weighted by Gasteiger charge is 2.24. The van der Waals surface area contributed by atoms with Gasteiger partial charge in [-0.3, -0.25) is 9.69 Å². The first-order valence-corrected chi connectivity index (χ1v) is 10.4. The Morgan fingerprint density at radius 3 is 2.62 bits per heavy atom. The molecule has 0 saturated heterocycles. The van der Waals surface area contributed by atoms with E-state index in [0.717, 1.165) is 35.0 Å². The number of fused-ring (bicyclic) bond motifs is 1. The molecule has 0 radical (unpaired) electrons. The van der Waals surface area contributed by atoms with Crippen LogP contribution in [0.15, 0.2) is 47.4 Å². The Bertz CT molecular complexity index is 776. The lowest BCUT2D eigenvalue weighted by Crippen LogP contribution is -2.35. The zero-order chi connectivity index (χ0) is 18.7. The summed E-state index contributed by atoms with van der Waals surface area (Å²) in [5, 5.41) is 0.660. The van der Waals surface area contributed by atoms with Crippen LogP contribution in [0.25, 0.3) is 0 Å². The van der Waals surface area contributed by atoms with Crippen molar-refractivity contribution < 1.29 is 4.79 Å². The summed E-state index contributed by atoms with van der Waals surface area (Å²) >= 11 is 7.92. The van der Waals surface area contributed by atoms with Gasteiger partial charge >= 0.3 is 0 Å². The Morgan fingerprint density at radius 2 is 1.96 bits per heavy atom. The Balaban J connectivity index is 1.78. The fourth-order valence-electron chi connectivity index (χ4n) is 3.20. The Hall–Kier alpha value is -1.49. The maximum Gasteiger partial charge on any atom is 0.258 e. The first kappa shape index (κ1) is 19.3. The summed E-state index contributed by atoms with van der Waals surface area (Å²) in [4.78, 5) is 18.4. The second-order valence-electron chi connectivity index (χ2n) is 6.77. The van der Waals surface area contributed by atoms with E-state index in [4.69, 9.17) is 11.6 Å². The van der Waals surface area contributed by atoms with Crippen molar-refractivity contribution in [1.29, 1.82) is 0 Å². The van der Waals surface area contributed by atoms with Gasteiger partial charge in [0.2, 0.25) is 0 Å². The molecule has 1 aliphatic heterocycles. The molecule has 0 fully saturated rings. The normalized spacial score (nSPS) is 14.0. The van der Waals surface area contributed by atoms with Gasteiger partial charge in [-0.05, 0) is 56.3 Å². The van der Waals surface area contributed by atoms with Gasteiger partial charge in [0, 0.05) is 40.4 Å². The van der Waals surface area contributed by atoms with Crippen LogP contribution in [-0.2, 0) is 6.54 Å². The summed E-state index contributed by atoms with van der Waals surface area (Å²) in [5.41, 5.74) is 2.87. The summed E-state index contributed by atoms with van der Waals surface area (Å²) in [6.07, 6.45) is 0. The lowest BCUT2D eigenvalue weighted by Gasteiger charge is -2.29. The molecule has 1 aliphatic rings. The number of nitrogens with zero attached hydrogens (tertiary/aromatic N) is 2. The lowest BCUT2D eigenvalue weighted by molar-refractivity contribution is 0.0987. The van der Waals surface area contributed by atoms with Crippen LogP contribution in [0.1, 0.15) is 36.7 Å². The predicted molar refractivity (Wildman–Crippen MR) is 112 cm³/mol. The van der Waals surface area contributed by atoms with Crippen molar-refractivity contribution in [3.63, 3.8) is 0 Å². The number of benzene rings is 2. The number of hydrogen-bond acceptors (Lipinski definition) is 3. The van der Waals surface area contributed by atoms with Gasteiger partial charge in [-0.15, -0.1) is 11.8 Å². The minimum atomic E-state index is 0.0385. The third-order valence-corrected chi connectivity index (χ3v) is 6.03. The van der Waals surface area contributed by atoms with Crippen molar-refractivity contribution in [3.8, 4) is 0 Å². The topological polar surface area (TPSA) is 23.6 Å². The fraction of sp³-hybridized carbons (Fsp3) is 0.381. The van der Waals surface area contributed by atoms with Crippen LogP contribution in [-0.4, -0.2) is 35.7 Å². The molecule has 1 amide bonds. The van der Waals surface area contributed by atoms with E-state index >= 15 is 0 Å². The number of amides is 1. The minimum absolute atomic E-state index is 0.0385. The second-order valence-corrected chi connectivity index (χ2v) is 8.34. The smallest absolute Gasteiger partial charge is 0.258 e. The molecule has 0 bridgehead atoms. The van der Waals surface area contributed by atoms with E-state index in [9.17, 15) is 4.79 Å². The summed E-state index contributed by atoms with van der Waals surface area (Å²) in [6, 6.07) is 14.3. The molecule has 0 aromatic heterocycles. The van der Waals surface area contributed by atoms with Crippen LogP contribution < -0.4 is 4.90 Å². The van der Waals surface area contributed by atoms with Gasteiger partial charge in [0.15, 0.2) is 0 Å². The fourth-order valence-corrected chi connectivity index (χ4v) is 4.35. The average Bonchev–Trinajstić information content (AvgIpc) is 2.65. The summed E-state index contributed by atoms with van der Waals surface area (Å²) in [6.45, 7) is 9.21. The summed E-state index contributed by atoms with van der Waals surface area (Å²) in [7, 11) is 0. The number of hydrogen-bond donors (Lipinski definition) is 0. The minimum Gasteiger partial charge on any atom is -0.306 e. The molecular formula is C21H25ClN2OS. The Kier molecular flexibility index (Phi) is 6.28. The van der Waals surface area contributed by atoms with E-state index in [1.165, 1.54) is 5.56 Å². The monoisotopic (exact) mass is 388 g/mol. The molecular weight excluding hydrogens is 364 g/mol. The van der Waals surface area contributed by atoms with E-state index in [-0.39, 0.29) is 5.91 Å². The number of carbonyl (C=O) groups excluding carboxylic acids is 1. The standard InChI is InChI=1S/C21H25ClN2OS/c1-4-23(15(2)3)14-16-5-7-17(8-6-16)21(25)24-11-12-26-20-10-9-18(22)13-19(20)24/h5-10,13,15H,4,11-12,14H2,1-3H3. The molecule has 3 rings (SSSR count). The molecule has 0 aliphatic carbocycles. The average molecular weight is 389 g/mol. The first-order valence-electron chi connectivity index (χ1n) is 9.06. The maximum absolute atomic E-state index is 13.0. The van der Waals surface area contributed by atoms with Gasteiger partial charge in [-0.25, -0.2) is 0 Å². The third-order valence-electron chi connectivity index (χ3n) is 4.75. The van der Waals surface area contributed by atoms with Crippen LogP contribution in [0.3, 0.4) is 0 Å². The quantitative estimate of drug-likeness (QED) is 0.692. The van der Waals surface area contributed by atoms with Crippen LogP contribution in [0, 0.1) is 0 Å². The van der Waals surface area contributed by atoms with E-state index in [2.05, 4.69) is 37.8 Å². The molecule has 2 aromatic carbocycles. The van der Waals surface area contributed by atoms with Crippen molar-refractivity contribution in [2.75, 3.05) is 23.7 Å². The highest BCUT2D eigenvalue weighted by molar-refractivity contribution is 7.99. The summed E-state index contributed by atoms with van der Waals surface area (Å²) < 4.78 is 0. The molecule has 138 valence electrons. The lowest BCUT2D eigenvalue weighted by atomic mass is 10.1. The number of halogens is 1. The van der Waals surface area contributed by atoms with Crippen LogP contribution >= 0.6 is 23.4 Å².